The fourth-order valence-electron chi connectivity index (χ4n) is 4.40. The van der Waals surface area contributed by atoms with Gasteiger partial charge in [-0.1, -0.05) is 0 Å². The molecule has 0 fully saturated rings. The van der Waals surface area contributed by atoms with E-state index in [1.807, 2.05) is 9.97 Å². The normalized spacial score (nSPS) is 14.3. The highest BCUT2D eigenvalue weighted by atomic mass is 19.4. The van der Waals surface area contributed by atoms with Crippen LogP contribution in [0.25, 0.3) is 46.4 Å². The van der Waals surface area contributed by atoms with Crippen LogP contribution in [-0.4, -0.2) is 19.9 Å². The van der Waals surface area contributed by atoms with Crippen LogP contribution in [0.2, 0.25) is 0 Å². The maximum absolute atomic E-state index is 14.1. The summed E-state index contributed by atoms with van der Waals surface area (Å²) in [7, 11) is 0. The molecule has 16 heteroatoms. The SMILES string of the molecule is FC(F)(F)c1c2nc(c(C(F)(F)F)c3ccc([nH]3)c(C(F)(F)F)c3nc(c(C(F)(F)F)c4ccc1[nH]4)C=C3)C=C2. The molecular weight excluding hydrogens is 572 g/mol. The van der Waals surface area contributed by atoms with Crippen LogP contribution >= 0.6 is 0 Å². The van der Waals surface area contributed by atoms with Gasteiger partial charge in [0.2, 0.25) is 0 Å². The molecule has 5 heterocycles. The van der Waals surface area contributed by atoms with Crippen LogP contribution in [0, 0.1) is 0 Å². The second kappa shape index (κ2) is 8.63. The van der Waals surface area contributed by atoms with E-state index in [0.717, 1.165) is 0 Å². The molecule has 0 unspecified atom stereocenters. The molecule has 0 radical (unpaired) electrons. The first-order valence-electron chi connectivity index (χ1n) is 10.8. The summed E-state index contributed by atoms with van der Waals surface area (Å²) in [5.41, 5.74) is -14.9. The number of fused-ring (bicyclic) bond motifs is 8. The average molecular weight is 582 g/mol. The van der Waals surface area contributed by atoms with E-state index in [1.54, 1.807) is 0 Å². The number of nitrogens with one attached hydrogen (secondary N) is 2. The van der Waals surface area contributed by atoms with Crippen molar-refractivity contribution in [3.05, 3.63) is 69.3 Å². The Balaban J connectivity index is 2.09. The molecule has 4 nitrogen and oxygen atoms in total. The van der Waals surface area contributed by atoms with Gasteiger partial charge in [0.1, 0.15) is 22.3 Å². The highest BCUT2D eigenvalue weighted by Gasteiger charge is 2.41. The molecule has 0 spiro atoms. The van der Waals surface area contributed by atoms with Gasteiger partial charge in [0, 0.05) is 0 Å². The lowest BCUT2D eigenvalue weighted by molar-refractivity contribution is -0.137. The number of aromatic nitrogens is 4. The summed E-state index contributed by atoms with van der Waals surface area (Å²) in [4.78, 5) is 10.7. The lowest BCUT2D eigenvalue weighted by Gasteiger charge is -2.10. The summed E-state index contributed by atoms with van der Waals surface area (Å²) in [6.07, 6.45) is -18.9. The van der Waals surface area contributed by atoms with Crippen LogP contribution in [0.3, 0.4) is 0 Å². The molecule has 3 aromatic heterocycles. The van der Waals surface area contributed by atoms with E-state index < -0.39 is 91.8 Å². The minimum Gasteiger partial charge on any atom is -0.354 e. The number of alkyl halides is 12. The van der Waals surface area contributed by atoms with Crippen LogP contribution in [0.15, 0.2) is 24.3 Å². The summed E-state index contributed by atoms with van der Waals surface area (Å²) < 4.78 is 169. The molecule has 210 valence electrons. The molecule has 0 atom stereocenters. The molecule has 5 rings (SSSR count). The van der Waals surface area contributed by atoms with Crippen molar-refractivity contribution < 1.29 is 52.7 Å². The molecule has 2 aliphatic heterocycles. The van der Waals surface area contributed by atoms with Gasteiger partial charge in [-0.3, -0.25) is 0 Å². The number of hydrogen-bond donors (Lipinski definition) is 2. The van der Waals surface area contributed by atoms with E-state index in [4.69, 9.17) is 0 Å². The van der Waals surface area contributed by atoms with Crippen LogP contribution < -0.4 is 0 Å². The molecule has 0 saturated heterocycles. The number of hydrogen-bond acceptors (Lipinski definition) is 2. The maximum atomic E-state index is 14.1. The fraction of sp³-hybridized carbons (Fsp3) is 0.167. The van der Waals surface area contributed by atoms with Crippen molar-refractivity contribution >= 4 is 46.4 Å². The van der Waals surface area contributed by atoms with Gasteiger partial charge in [-0.05, 0) is 48.6 Å². The minimum absolute atomic E-state index is 0.568. The first-order valence-corrected chi connectivity index (χ1v) is 10.8. The molecule has 2 aliphatic rings. The summed E-state index contributed by atoms with van der Waals surface area (Å²) in [5.74, 6) is 0. The summed E-state index contributed by atoms with van der Waals surface area (Å²) >= 11 is 0. The average Bonchev–Trinajstić information content (AvgIpc) is 3.55. The lowest BCUT2D eigenvalue weighted by atomic mass is 10.1. The zero-order valence-corrected chi connectivity index (χ0v) is 19.0. The van der Waals surface area contributed by atoms with Crippen LogP contribution in [0.5, 0.6) is 0 Å². The van der Waals surface area contributed by atoms with Crippen LogP contribution in [0.4, 0.5) is 52.7 Å². The van der Waals surface area contributed by atoms with Crippen molar-refractivity contribution in [2.75, 3.05) is 0 Å². The summed E-state index contributed by atoms with van der Waals surface area (Å²) in [6, 6.07) is 2.38. The second-order valence-electron chi connectivity index (χ2n) is 8.49. The predicted octanol–water partition coefficient (Wildman–Crippen LogP) is 8.73. The van der Waals surface area contributed by atoms with Crippen molar-refractivity contribution in [2.24, 2.45) is 0 Å². The summed E-state index contributed by atoms with van der Waals surface area (Å²) in [5, 5.41) is 0. The Labute approximate surface area is 213 Å². The molecule has 0 saturated carbocycles. The van der Waals surface area contributed by atoms with Crippen molar-refractivity contribution in [2.45, 2.75) is 24.7 Å². The topological polar surface area (TPSA) is 57.4 Å². The van der Waals surface area contributed by atoms with Gasteiger partial charge in [-0.2, -0.15) is 52.7 Å². The van der Waals surface area contributed by atoms with Gasteiger partial charge in [0.25, 0.3) is 0 Å². The number of aromatic amines is 2. The van der Waals surface area contributed by atoms with E-state index in [0.29, 0.717) is 48.6 Å². The Morgan fingerprint density at radius 1 is 0.375 bits per heavy atom. The minimum atomic E-state index is -5.30. The third-order valence-corrected chi connectivity index (χ3v) is 5.89. The van der Waals surface area contributed by atoms with E-state index in [1.165, 1.54) is 0 Å². The van der Waals surface area contributed by atoms with Gasteiger partial charge in [0.15, 0.2) is 0 Å². The third kappa shape index (κ3) is 4.70. The number of nitrogens with zero attached hydrogens (tertiary/aromatic N) is 2. The molecule has 0 aromatic carbocycles. The van der Waals surface area contributed by atoms with Crippen molar-refractivity contribution in [3.8, 4) is 0 Å². The zero-order valence-electron chi connectivity index (χ0n) is 19.0. The number of rotatable bonds is 0. The summed E-state index contributed by atoms with van der Waals surface area (Å²) in [6.45, 7) is 0. The van der Waals surface area contributed by atoms with E-state index in [9.17, 15) is 52.7 Å². The van der Waals surface area contributed by atoms with E-state index in [-0.39, 0.29) is 0 Å². The quantitative estimate of drug-likeness (QED) is 0.180. The van der Waals surface area contributed by atoms with Crippen LogP contribution in [0.1, 0.15) is 45.0 Å². The number of H-pyrrole nitrogens is 2. The molecular formula is C24H10F12N4. The Morgan fingerprint density at radius 3 is 0.750 bits per heavy atom. The van der Waals surface area contributed by atoms with Crippen LogP contribution in [-0.2, 0) is 24.7 Å². The zero-order chi connectivity index (χ0) is 29.4. The van der Waals surface area contributed by atoms with Crippen molar-refractivity contribution in [1.29, 1.82) is 0 Å². The van der Waals surface area contributed by atoms with Gasteiger partial charge in [-0.15, -0.1) is 0 Å². The Hall–Kier alpha value is -4.24. The van der Waals surface area contributed by atoms with Crippen molar-refractivity contribution in [1.82, 2.24) is 19.9 Å². The van der Waals surface area contributed by atoms with Gasteiger partial charge >= 0.3 is 24.7 Å². The second-order valence-corrected chi connectivity index (χ2v) is 8.49. The Kier molecular flexibility index (Phi) is 5.90. The lowest BCUT2D eigenvalue weighted by Crippen LogP contribution is -2.11. The first-order chi connectivity index (χ1) is 18.4. The number of halogens is 12. The smallest absolute Gasteiger partial charge is 0.354 e. The molecule has 0 amide bonds. The largest absolute Gasteiger partial charge is 0.420 e. The molecule has 0 aliphatic carbocycles. The molecule has 8 bridgehead atoms. The van der Waals surface area contributed by atoms with Gasteiger partial charge in [0.05, 0.1) is 44.8 Å². The van der Waals surface area contributed by atoms with Crippen molar-refractivity contribution in [3.63, 3.8) is 0 Å². The maximum Gasteiger partial charge on any atom is 0.420 e. The third-order valence-electron chi connectivity index (χ3n) is 5.89. The molecule has 40 heavy (non-hydrogen) atoms. The van der Waals surface area contributed by atoms with Gasteiger partial charge < -0.3 is 9.97 Å². The molecule has 3 aromatic rings. The monoisotopic (exact) mass is 582 g/mol. The van der Waals surface area contributed by atoms with Gasteiger partial charge in [-0.25, -0.2) is 9.97 Å². The highest BCUT2D eigenvalue weighted by Crippen LogP contribution is 2.42. The fourth-order valence-corrected chi connectivity index (χ4v) is 4.40. The highest BCUT2D eigenvalue weighted by molar-refractivity contribution is 5.84. The molecule has 2 N–H and O–H groups in total. The predicted molar refractivity (Wildman–Crippen MR) is 119 cm³/mol. The Morgan fingerprint density at radius 2 is 0.575 bits per heavy atom. The van der Waals surface area contributed by atoms with E-state index in [2.05, 4.69) is 9.97 Å². The first kappa shape index (κ1) is 27.3. The standard InChI is InChI=1S/C24H10F12N4/c25-21(26,27)17-9-1-2-10(37-9)18(22(28,29)30)12-5-6-14(39-12)20(24(34,35)36)16-8-7-15(40-16)19(23(31,32)33)13-4-3-11(17)38-13/h1-8,37,40H. The van der Waals surface area contributed by atoms with E-state index >= 15 is 0 Å². The Bertz CT molecular complexity index is 1500.